The average Bonchev–Trinajstić information content (AvgIpc) is 2.79. The molecule has 0 amide bonds. The first-order chi connectivity index (χ1) is 16.7. The molecule has 0 aromatic heterocycles. The smallest absolute Gasteiger partial charge is 0.337 e. The number of allylic oxidation sites excluding steroid dienone is 2. The van der Waals surface area contributed by atoms with Gasteiger partial charge in [-0.05, 0) is 39.2 Å². The number of benzene rings is 1. The maximum Gasteiger partial charge on any atom is 0.337 e. The Morgan fingerprint density at radius 1 is 1.06 bits per heavy atom. The minimum absolute atomic E-state index is 0.0289. The summed E-state index contributed by atoms with van der Waals surface area (Å²) in [6, 6.07) is 5.75. The first kappa shape index (κ1) is 28.1. The predicted octanol–water partition coefficient (Wildman–Crippen LogP) is 6.38. The molecule has 1 heterocycles. The molecule has 0 fully saturated rings. The zero-order valence-corrected chi connectivity index (χ0v) is 21.3. The van der Waals surface area contributed by atoms with E-state index in [0.717, 1.165) is 19.3 Å². The highest BCUT2D eigenvalue weighted by molar-refractivity contribution is 5.99. The fraction of sp³-hybridized carbons (Fsp3) is 0.556. The Labute approximate surface area is 207 Å². The van der Waals surface area contributed by atoms with Gasteiger partial charge in [0.2, 0.25) is 0 Å². The second kappa shape index (κ2) is 13.7. The summed E-state index contributed by atoms with van der Waals surface area (Å²) in [5.74, 6) is -2.78. The van der Waals surface area contributed by atoms with Gasteiger partial charge < -0.3 is 15.2 Å². The quantitative estimate of drug-likeness (QED) is 0.136. The molecular weight excluding hydrogens is 448 g/mol. The molecule has 2 unspecified atom stereocenters. The molecule has 0 radical (unpaired) electrons. The van der Waals surface area contributed by atoms with Crippen LogP contribution in [0.5, 0.6) is 0 Å². The number of carboxylic acid groups (broad SMARTS) is 1. The van der Waals surface area contributed by atoms with Crippen molar-refractivity contribution in [2.24, 2.45) is 0 Å². The van der Waals surface area contributed by atoms with E-state index in [2.05, 4.69) is 12.2 Å². The van der Waals surface area contributed by atoms with E-state index < -0.39 is 22.8 Å². The standard InChI is InChI=1S/C27H38N2O6/c1-5-6-7-8-9-10-11-12-14-18(2)35-27(32)24-20(4)28-19(3)23(26(30)31)25(24)21-15-13-16-22(17-21)29(33)34/h13,15-18,25,28H,5-12,14H2,1-4H3,(H,30,31). The number of aliphatic carboxylic acids is 1. The lowest BCUT2D eigenvalue weighted by molar-refractivity contribution is -0.384. The Hall–Kier alpha value is -3.16. The lowest BCUT2D eigenvalue weighted by atomic mass is 9.80. The van der Waals surface area contributed by atoms with Crippen molar-refractivity contribution in [3.05, 3.63) is 62.5 Å². The van der Waals surface area contributed by atoms with E-state index in [0.29, 0.717) is 17.0 Å². The van der Waals surface area contributed by atoms with Crippen LogP contribution in [0.2, 0.25) is 0 Å². The number of carbonyl (C=O) groups is 2. The number of nitro groups is 1. The van der Waals surface area contributed by atoms with Crippen LogP contribution in [0.25, 0.3) is 0 Å². The Morgan fingerprint density at radius 2 is 1.66 bits per heavy atom. The molecule has 1 aromatic rings. The van der Waals surface area contributed by atoms with Crippen LogP contribution in [0.1, 0.15) is 97.0 Å². The molecule has 2 rings (SSSR count). The lowest BCUT2D eigenvalue weighted by Crippen LogP contribution is -2.32. The summed E-state index contributed by atoms with van der Waals surface area (Å²) in [6.45, 7) is 7.35. The minimum atomic E-state index is -1.20. The summed E-state index contributed by atoms with van der Waals surface area (Å²) >= 11 is 0. The van der Waals surface area contributed by atoms with E-state index in [1.807, 2.05) is 6.92 Å². The number of unbranched alkanes of at least 4 members (excludes halogenated alkanes) is 7. The lowest BCUT2D eigenvalue weighted by Gasteiger charge is -2.30. The van der Waals surface area contributed by atoms with Crippen LogP contribution in [-0.2, 0) is 14.3 Å². The second-order valence-electron chi connectivity index (χ2n) is 9.27. The maximum absolute atomic E-state index is 13.3. The van der Waals surface area contributed by atoms with Gasteiger partial charge in [0.25, 0.3) is 5.69 Å². The van der Waals surface area contributed by atoms with Gasteiger partial charge in [0.1, 0.15) is 0 Å². The van der Waals surface area contributed by atoms with Crippen molar-refractivity contribution >= 4 is 17.6 Å². The van der Waals surface area contributed by atoms with Crippen molar-refractivity contribution in [1.29, 1.82) is 0 Å². The third kappa shape index (κ3) is 7.94. The van der Waals surface area contributed by atoms with E-state index >= 15 is 0 Å². The van der Waals surface area contributed by atoms with Crippen LogP contribution in [0, 0.1) is 10.1 Å². The summed E-state index contributed by atoms with van der Waals surface area (Å²) < 4.78 is 5.73. The fourth-order valence-electron chi connectivity index (χ4n) is 4.57. The largest absolute Gasteiger partial charge is 0.478 e. The summed E-state index contributed by atoms with van der Waals surface area (Å²) in [5.41, 5.74) is 1.19. The summed E-state index contributed by atoms with van der Waals surface area (Å²) in [5, 5.41) is 24.2. The number of ether oxygens (including phenoxy) is 1. The van der Waals surface area contributed by atoms with Gasteiger partial charge in [0, 0.05) is 23.5 Å². The molecule has 1 aromatic carbocycles. The second-order valence-corrected chi connectivity index (χ2v) is 9.27. The van der Waals surface area contributed by atoms with Crippen LogP contribution >= 0.6 is 0 Å². The Balaban J connectivity index is 2.13. The first-order valence-electron chi connectivity index (χ1n) is 12.5. The van der Waals surface area contributed by atoms with Gasteiger partial charge in [-0.25, -0.2) is 9.59 Å². The van der Waals surface area contributed by atoms with Crippen LogP contribution in [0.3, 0.4) is 0 Å². The van der Waals surface area contributed by atoms with Crippen LogP contribution in [0.4, 0.5) is 5.69 Å². The van der Waals surface area contributed by atoms with Gasteiger partial charge in [-0.3, -0.25) is 10.1 Å². The molecule has 0 saturated carbocycles. The maximum atomic E-state index is 13.3. The molecule has 8 nitrogen and oxygen atoms in total. The molecule has 0 saturated heterocycles. The average molecular weight is 487 g/mol. The number of esters is 1. The third-order valence-corrected chi connectivity index (χ3v) is 6.40. The van der Waals surface area contributed by atoms with Gasteiger partial charge in [-0.1, -0.05) is 64.0 Å². The van der Waals surface area contributed by atoms with Crippen molar-refractivity contribution in [2.75, 3.05) is 0 Å². The van der Waals surface area contributed by atoms with Crippen molar-refractivity contribution in [2.45, 2.75) is 97.5 Å². The number of hydrogen-bond donors (Lipinski definition) is 2. The fourth-order valence-corrected chi connectivity index (χ4v) is 4.57. The third-order valence-electron chi connectivity index (χ3n) is 6.40. The summed E-state index contributed by atoms with van der Waals surface area (Å²) in [4.78, 5) is 36.2. The highest BCUT2D eigenvalue weighted by Crippen LogP contribution is 2.39. The van der Waals surface area contributed by atoms with Crippen LogP contribution in [0.15, 0.2) is 46.8 Å². The Bertz CT molecular complexity index is 982. The first-order valence-corrected chi connectivity index (χ1v) is 12.5. The number of carboxylic acids is 1. The number of nitrogens with one attached hydrogen (secondary N) is 1. The predicted molar refractivity (Wildman–Crippen MR) is 135 cm³/mol. The Kier molecular flexibility index (Phi) is 11.0. The summed E-state index contributed by atoms with van der Waals surface area (Å²) in [6.07, 6.45) is 9.88. The van der Waals surface area contributed by atoms with E-state index in [9.17, 15) is 24.8 Å². The number of nitrogens with zero attached hydrogens (tertiary/aromatic N) is 1. The molecule has 0 spiro atoms. The number of rotatable bonds is 14. The normalized spacial score (nSPS) is 16.6. The van der Waals surface area contributed by atoms with Gasteiger partial charge in [0.05, 0.1) is 28.1 Å². The molecule has 192 valence electrons. The van der Waals surface area contributed by atoms with Crippen molar-refractivity contribution in [1.82, 2.24) is 5.32 Å². The highest BCUT2D eigenvalue weighted by Gasteiger charge is 2.38. The Morgan fingerprint density at radius 3 is 2.26 bits per heavy atom. The van der Waals surface area contributed by atoms with E-state index in [-0.39, 0.29) is 22.9 Å². The monoisotopic (exact) mass is 486 g/mol. The zero-order chi connectivity index (χ0) is 26.0. The molecule has 0 aliphatic carbocycles. The highest BCUT2D eigenvalue weighted by atomic mass is 16.6. The summed E-state index contributed by atoms with van der Waals surface area (Å²) in [7, 11) is 0. The van der Waals surface area contributed by atoms with Gasteiger partial charge in [-0.2, -0.15) is 0 Å². The molecule has 1 aliphatic rings. The topological polar surface area (TPSA) is 119 Å². The molecule has 0 bridgehead atoms. The number of carbonyl (C=O) groups excluding carboxylic acids is 1. The molecule has 2 N–H and O–H groups in total. The van der Waals surface area contributed by atoms with Crippen molar-refractivity contribution in [3.63, 3.8) is 0 Å². The zero-order valence-electron chi connectivity index (χ0n) is 21.3. The number of nitro benzene ring substituents is 1. The molecule has 1 aliphatic heterocycles. The van der Waals surface area contributed by atoms with Crippen LogP contribution < -0.4 is 5.32 Å². The van der Waals surface area contributed by atoms with Gasteiger partial charge in [0.15, 0.2) is 0 Å². The molecule has 35 heavy (non-hydrogen) atoms. The number of dihydropyridines is 1. The minimum Gasteiger partial charge on any atom is -0.478 e. The molecule has 8 heteroatoms. The van der Waals surface area contributed by atoms with E-state index in [1.165, 1.54) is 56.7 Å². The van der Waals surface area contributed by atoms with E-state index in [1.54, 1.807) is 19.9 Å². The molecular formula is C27H38N2O6. The van der Waals surface area contributed by atoms with Crippen LogP contribution in [-0.4, -0.2) is 28.1 Å². The van der Waals surface area contributed by atoms with E-state index in [4.69, 9.17) is 4.74 Å². The van der Waals surface area contributed by atoms with Gasteiger partial charge in [-0.15, -0.1) is 0 Å². The molecule has 2 atom stereocenters. The van der Waals surface area contributed by atoms with Crippen molar-refractivity contribution in [3.8, 4) is 0 Å². The van der Waals surface area contributed by atoms with Crippen molar-refractivity contribution < 1.29 is 24.4 Å². The van der Waals surface area contributed by atoms with Gasteiger partial charge >= 0.3 is 11.9 Å². The number of hydrogen-bond acceptors (Lipinski definition) is 6. The number of non-ortho nitro benzene ring substituents is 1. The SMILES string of the molecule is CCCCCCCCCCC(C)OC(=O)C1=C(C)NC(C)=C(C(=O)O)C1c1cccc([N+](=O)[O-])c1.